The molecule has 0 saturated heterocycles. The number of benzene rings is 1. The molecule has 1 aromatic rings. The van der Waals surface area contributed by atoms with Crippen molar-refractivity contribution in [2.45, 2.75) is 6.92 Å². The first-order valence-corrected chi connectivity index (χ1v) is 7.30. The summed E-state index contributed by atoms with van der Waals surface area (Å²) < 4.78 is 0.830. The Morgan fingerprint density at radius 1 is 1.43 bits per heavy atom. The Morgan fingerprint density at radius 2 is 1.86 bits per heavy atom. The van der Waals surface area contributed by atoms with Crippen molar-refractivity contribution >= 4 is 56.9 Å². The van der Waals surface area contributed by atoms with Crippen molar-refractivity contribution in [3.63, 3.8) is 0 Å². The van der Waals surface area contributed by atoms with Gasteiger partial charge in [-0.1, -0.05) is 0 Å². The second-order valence-electron chi connectivity index (χ2n) is 2.52. The van der Waals surface area contributed by atoms with Gasteiger partial charge >= 0.3 is 83.9 Å². The van der Waals surface area contributed by atoms with Crippen LogP contribution in [0.3, 0.4) is 0 Å². The number of phenols is 1. The number of carboxylic acid groups (broad SMARTS) is 1. The molecule has 0 heterocycles. The molecule has 6 heteroatoms. The zero-order valence-electron chi connectivity index (χ0n) is 7.71. The summed E-state index contributed by atoms with van der Waals surface area (Å²) >= 11 is 11.6. The van der Waals surface area contributed by atoms with Crippen LogP contribution in [-0.4, -0.2) is 40.6 Å². The molecule has 1 aromatic carbocycles. The van der Waals surface area contributed by atoms with E-state index in [-0.39, 0.29) is 30.1 Å². The van der Waals surface area contributed by atoms with E-state index < -0.39 is 5.97 Å². The quantitative estimate of drug-likeness (QED) is 0.743. The summed E-state index contributed by atoms with van der Waals surface area (Å²) in [6.45, 7) is 1.08. The molecule has 0 aromatic heterocycles. The van der Waals surface area contributed by atoms with Gasteiger partial charge in [0.15, 0.2) is 0 Å². The van der Waals surface area contributed by atoms with Gasteiger partial charge in [-0.05, 0) is 0 Å². The Balaban J connectivity index is 0.000000364. The number of aromatic hydroxyl groups is 1. The van der Waals surface area contributed by atoms with Gasteiger partial charge in [-0.15, -0.1) is 0 Å². The monoisotopic (exact) mass is 338 g/mol. The molecule has 0 aliphatic carbocycles. The predicted octanol–water partition coefficient (Wildman–Crippen LogP) is 1.05. The summed E-state index contributed by atoms with van der Waals surface area (Å²) in [5, 5.41) is 17.6. The molecule has 0 saturated carbocycles. The number of rotatable bonds is 0. The van der Waals surface area contributed by atoms with Gasteiger partial charge in [-0.25, -0.2) is 0 Å². The Labute approximate surface area is 106 Å². The molecule has 1 rings (SSSR count). The third kappa shape index (κ3) is 4.98. The molecule has 0 fully saturated rings. The first-order valence-electron chi connectivity index (χ1n) is 3.69. The van der Waals surface area contributed by atoms with E-state index in [0.29, 0.717) is 10.0 Å². The molecular weight excluding hydrogens is 330 g/mol. The van der Waals surface area contributed by atoms with Crippen LogP contribution in [0, 0.1) is 0 Å². The molecular formula is C8H9Cl2InO3. The third-order valence-corrected chi connectivity index (χ3v) is 6.00. The van der Waals surface area contributed by atoms with E-state index in [1.807, 2.05) is 0 Å². The summed E-state index contributed by atoms with van der Waals surface area (Å²) in [5.41, 5.74) is 0. The Bertz CT molecular complexity index is 311. The number of halogens is 2. The molecule has 3 nitrogen and oxygen atoms in total. The fourth-order valence-electron chi connectivity index (χ4n) is 0.642. The third-order valence-electron chi connectivity index (χ3n) is 1.31. The number of phenolic OH excluding ortho intramolecular Hbond substituents is 1. The van der Waals surface area contributed by atoms with Crippen LogP contribution in [0.25, 0.3) is 0 Å². The standard InChI is InChI=1S/C6H3Cl2O.C2H4O2.In.2H/c7-5-2-1-4(9)3-6(5)8;1-2(3)4;;;/h1-2,9H;1H3,(H,3,4);;;. The fourth-order valence-corrected chi connectivity index (χ4v) is 2.70. The van der Waals surface area contributed by atoms with E-state index in [1.54, 1.807) is 12.1 Å². The van der Waals surface area contributed by atoms with Crippen molar-refractivity contribution in [3.05, 3.63) is 22.2 Å². The zero-order chi connectivity index (χ0) is 11.3. The molecule has 0 spiro atoms. The number of hydrogen-bond donors (Lipinski definition) is 2. The summed E-state index contributed by atoms with van der Waals surface area (Å²) in [5.74, 6) is -0.565. The fraction of sp³-hybridized carbons (Fsp3) is 0.125. The molecule has 0 aliphatic rings. The average molecular weight is 339 g/mol. The molecule has 2 N–H and O–H groups in total. The SMILES string of the molecule is CC(=O)O.Oc1ccc(Cl)c(Cl)[c]1[InH2]. The van der Waals surface area contributed by atoms with Gasteiger partial charge in [0.1, 0.15) is 0 Å². The number of carbonyl (C=O) groups is 1. The Hall–Kier alpha value is -0.0599. The molecule has 0 unspecified atom stereocenters. The maximum atomic E-state index is 9.13. The zero-order valence-corrected chi connectivity index (χ0v) is 14.9. The number of aliphatic carboxylic acids is 1. The molecule has 0 amide bonds. The van der Waals surface area contributed by atoms with E-state index in [0.717, 1.165) is 10.2 Å². The van der Waals surface area contributed by atoms with E-state index in [9.17, 15) is 0 Å². The van der Waals surface area contributed by atoms with Gasteiger partial charge < -0.3 is 5.11 Å². The first-order chi connectivity index (χ1) is 6.36. The van der Waals surface area contributed by atoms with E-state index in [1.165, 1.54) is 0 Å². The van der Waals surface area contributed by atoms with Crippen LogP contribution in [-0.2, 0) is 4.79 Å². The Morgan fingerprint density at radius 3 is 2.21 bits per heavy atom. The van der Waals surface area contributed by atoms with Crippen LogP contribution >= 0.6 is 23.2 Å². The predicted molar refractivity (Wildman–Crippen MR) is 59.6 cm³/mol. The van der Waals surface area contributed by atoms with Crippen molar-refractivity contribution in [2.24, 2.45) is 0 Å². The van der Waals surface area contributed by atoms with Crippen LogP contribution in [0.15, 0.2) is 12.1 Å². The molecule has 0 bridgehead atoms. The number of carboxylic acids is 1. The second kappa shape index (κ2) is 6.43. The van der Waals surface area contributed by atoms with Crippen molar-refractivity contribution in [3.8, 4) is 5.75 Å². The molecule has 14 heavy (non-hydrogen) atoms. The van der Waals surface area contributed by atoms with Crippen LogP contribution in [0.5, 0.6) is 5.75 Å². The first kappa shape index (κ1) is 13.9. The molecule has 0 radical (unpaired) electrons. The van der Waals surface area contributed by atoms with Gasteiger partial charge in [-0.3, -0.25) is 4.79 Å². The van der Waals surface area contributed by atoms with Crippen LogP contribution in [0.4, 0.5) is 0 Å². The normalized spacial score (nSPS) is 8.79. The molecule has 0 atom stereocenters. The topological polar surface area (TPSA) is 57.5 Å². The van der Waals surface area contributed by atoms with Crippen molar-refractivity contribution in [2.75, 3.05) is 0 Å². The van der Waals surface area contributed by atoms with Crippen molar-refractivity contribution in [1.29, 1.82) is 0 Å². The van der Waals surface area contributed by atoms with Gasteiger partial charge in [0.2, 0.25) is 0 Å². The average Bonchev–Trinajstić information content (AvgIpc) is 2.07. The summed E-state index contributed by atoms with van der Waals surface area (Å²) in [6.07, 6.45) is 0. The van der Waals surface area contributed by atoms with E-state index in [4.69, 9.17) is 38.2 Å². The number of hydrogen-bond acceptors (Lipinski definition) is 2. The summed E-state index contributed by atoms with van der Waals surface area (Å²) in [7, 11) is 0. The second-order valence-corrected chi connectivity index (χ2v) is 6.16. The van der Waals surface area contributed by atoms with Gasteiger partial charge in [0, 0.05) is 6.92 Å². The minimum atomic E-state index is -0.833. The van der Waals surface area contributed by atoms with Crippen LogP contribution in [0.2, 0.25) is 10.0 Å². The summed E-state index contributed by atoms with van der Waals surface area (Å²) in [4.78, 5) is 9.00. The Kier molecular flexibility index (Phi) is 6.40. The van der Waals surface area contributed by atoms with Crippen LogP contribution in [0.1, 0.15) is 6.92 Å². The van der Waals surface area contributed by atoms with Gasteiger partial charge in [0.25, 0.3) is 5.97 Å². The van der Waals surface area contributed by atoms with Gasteiger partial charge in [0.05, 0.1) is 0 Å². The molecule has 76 valence electrons. The summed E-state index contributed by atoms with van der Waals surface area (Å²) in [6, 6.07) is 3.17. The maximum absolute atomic E-state index is 9.13. The van der Waals surface area contributed by atoms with Crippen molar-refractivity contribution < 1.29 is 15.0 Å². The minimum absolute atomic E-state index is 0.198. The van der Waals surface area contributed by atoms with Gasteiger partial charge in [-0.2, -0.15) is 0 Å². The van der Waals surface area contributed by atoms with Crippen LogP contribution < -0.4 is 3.32 Å². The van der Waals surface area contributed by atoms with Crippen molar-refractivity contribution in [1.82, 2.24) is 0 Å². The van der Waals surface area contributed by atoms with E-state index in [2.05, 4.69) is 0 Å². The molecule has 0 aliphatic heterocycles. The van der Waals surface area contributed by atoms with E-state index >= 15 is 0 Å².